The van der Waals surface area contributed by atoms with E-state index >= 15 is 0 Å². The maximum Gasteiger partial charge on any atom is 0.273 e. The number of aromatic nitrogens is 2. The first-order valence-electron chi connectivity index (χ1n) is 12.5. The summed E-state index contributed by atoms with van der Waals surface area (Å²) in [7, 11) is 3.31. The molecule has 2 aromatic carbocycles. The molecule has 7 nitrogen and oxygen atoms in total. The normalized spacial score (nSPS) is 18.0. The number of methoxy groups -OCH3 is 2. The highest BCUT2D eigenvalue weighted by Gasteiger charge is 2.45. The summed E-state index contributed by atoms with van der Waals surface area (Å²) in [6.07, 6.45) is 6.47. The molecule has 1 fully saturated rings. The third-order valence-electron chi connectivity index (χ3n) is 7.10. The third-order valence-corrected chi connectivity index (χ3v) is 7.10. The molecule has 1 saturated carbocycles. The number of carbonyl (C=O) groups is 1. The molecule has 1 aliphatic heterocycles. The lowest BCUT2D eigenvalue weighted by Gasteiger charge is -2.36. The van der Waals surface area contributed by atoms with Crippen molar-refractivity contribution >= 4 is 5.91 Å². The van der Waals surface area contributed by atoms with Gasteiger partial charge in [-0.3, -0.25) is 9.89 Å². The fraction of sp³-hybridized carbons (Fsp3) is 0.429. The van der Waals surface area contributed by atoms with E-state index in [1.54, 1.807) is 14.2 Å². The summed E-state index contributed by atoms with van der Waals surface area (Å²) in [5.41, 5.74) is 4.25. The van der Waals surface area contributed by atoms with Crippen LogP contribution in [0, 0.1) is 0 Å². The fourth-order valence-electron chi connectivity index (χ4n) is 5.38. The van der Waals surface area contributed by atoms with Crippen LogP contribution in [-0.2, 0) is 0 Å². The van der Waals surface area contributed by atoms with E-state index in [4.69, 9.17) is 14.2 Å². The molecule has 1 amide bonds. The number of ether oxygens (including phenoxy) is 3. The quantitative estimate of drug-likeness (QED) is 0.448. The van der Waals surface area contributed by atoms with Crippen LogP contribution >= 0.6 is 0 Å². The van der Waals surface area contributed by atoms with Crippen LogP contribution in [0.3, 0.4) is 0 Å². The highest BCUT2D eigenvalue weighted by molar-refractivity contribution is 6.00. The summed E-state index contributed by atoms with van der Waals surface area (Å²) in [5.74, 6) is 2.20. The SMILES string of the molecule is CCCOc1ccc(C2c3c(-c4ccc(OC)cc4)n[nH]c3C(=O)N2C2CCCCC2)cc1OC. The van der Waals surface area contributed by atoms with Crippen molar-refractivity contribution < 1.29 is 19.0 Å². The number of rotatable bonds is 8. The lowest BCUT2D eigenvalue weighted by atomic mass is 9.90. The Morgan fingerprint density at radius 2 is 1.77 bits per heavy atom. The number of fused-ring (bicyclic) bond motifs is 1. The van der Waals surface area contributed by atoms with E-state index in [9.17, 15) is 4.79 Å². The van der Waals surface area contributed by atoms with E-state index in [1.165, 1.54) is 6.42 Å². The second-order valence-corrected chi connectivity index (χ2v) is 9.25. The zero-order valence-corrected chi connectivity index (χ0v) is 20.7. The molecule has 2 heterocycles. The van der Waals surface area contributed by atoms with Crippen LogP contribution < -0.4 is 14.2 Å². The molecule has 1 aliphatic carbocycles. The molecule has 0 radical (unpaired) electrons. The van der Waals surface area contributed by atoms with Gasteiger partial charge in [-0.2, -0.15) is 5.10 Å². The summed E-state index contributed by atoms with van der Waals surface area (Å²) in [6, 6.07) is 13.8. The Morgan fingerprint density at radius 1 is 1.00 bits per heavy atom. The number of benzene rings is 2. The summed E-state index contributed by atoms with van der Waals surface area (Å²) < 4.78 is 16.9. The molecule has 3 aromatic rings. The smallest absolute Gasteiger partial charge is 0.273 e. The number of H-pyrrole nitrogens is 1. The number of hydrogen-bond donors (Lipinski definition) is 1. The molecule has 1 atom stereocenters. The topological polar surface area (TPSA) is 76.7 Å². The second kappa shape index (κ2) is 10.0. The van der Waals surface area contributed by atoms with E-state index in [0.29, 0.717) is 18.1 Å². The minimum Gasteiger partial charge on any atom is -0.497 e. The molecule has 1 N–H and O–H groups in total. The molecular formula is C28H33N3O4. The number of hydrogen-bond acceptors (Lipinski definition) is 5. The largest absolute Gasteiger partial charge is 0.497 e. The Balaban J connectivity index is 1.62. The predicted molar refractivity (Wildman–Crippen MR) is 134 cm³/mol. The minimum absolute atomic E-state index is 0.0226. The number of carbonyl (C=O) groups excluding carboxylic acids is 1. The number of amides is 1. The van der Waals surface area contributed by atoms with Crippen molar-refractivity contribution in [3.05, 3.63) is 59.3 Å². The van der Waals surface area contributed by atoms with E-state index in [1.807, 2.05) is 36.4 Å². The summed E-state index contributed by atoms with van der Waals surface area (Å²) >= 11 is 0. The van der Waals surface area contributed by atoms with Gasteiger partial charge in [0.2, 0.25) is 0 Å². The van der Waals surface area contributed by atoms with Crippen LogP contribution in [0.5, 0.6) is 17.2 Å². The molecule has 0 saturated heterocycles. The molecule has 1 aromatic heterocycles. The van der Waals surface area contributed by atoms with Crippen molar-refractivity contribution in [2.24, 2.45) is 0 Å². The van der Waals surface area contributed by atoms with Crippen LogP contribution in [0.2, 0.25) is 0 Å². The Kier molecular flexibility index (Phi) is 6.66. The Bertz CT molecular complexity index is 1180. The highest BCUT2D eigenvalue weighted by Crippen LogP contribution is 2.47. The molecular weight excluding hydrogens is 442 g/mol. The van der Waals surface area contributed by atoms with E-state index < -0.39 is 0 Å². The average molecular weight is 476 g/mol. The van der Waals surface area contributed by atoms with Crippen molar-refractivity contribution in [2.75, 3.05) is 20.8 Å². The van der Waals surface area contributed by atoms with Crippen LogP contribution in [-0.4, -0.2) is 47.9 Å². The lowest BCUT2D eigenvalue weighted by Crippen LogP contribution is -2.40. The van der Waals surface area contributed by atoms with Gasteiger partial charge in [-0.25, -0.2) is 0 Å². The molecule has 184 valence electrons. The first kappa shape index (κ1) is 23.3. The van der Waals surface area contributed by atoms with E-state index in [0.717, 1.165) is 66.0 Å². The summed E-state index contributed by atoms with van der Waals surface area (Å²) in [5, 5.41) is 7.67. The molecule has 0 bridgehead atoms. The second-order valence-electron chi connectivity index (χ2n) is 9.25. The van der Waals surface area contributed by atoms with Crippen LogP contribution in [0.15, 0.2) is 42.5 Å². The van der Waals surface area contributed by atoms with E-state index in [-0.39, 0.29) is 18.0 Å². The Morgan fingerprint density at radius 3 is 2.46 bits per heavy atom. The fourth-order valence-corrected chi connectivity index (χ4v) is 5.38. The Hall–Kier alpha value is -3.48. The van der Waals surface area contributed by atoms with Gasteiger partial charge in [0.05, 0.1) is 32.6 Å². The minimum atomic E-state index is -0.245. The van der Waals surface area contributed by atoms with Gasteiger partial charge in [0, 0.05) is 17.2 Å². The maximum absolute atomic E-state index is 13.8. The van der Waals surface area contributed by atoms with Crippen molar-refractivity contribution in [3.63, 3.8) is 0 Å². The monoisotopic (exact) mass is 475 g/mol. The lowest BCUT2D eigenvalue weighted by molar-refractivity contribution is 0.0606. The predicted octanol–water partition coefficient (Wildman–Crippen LogP) is 5.76. The molecule has 2 aliphatic rings. The first-order valence-corrected chi connectivity index (χ1v) is 12.5. The summed E-state index contributed by atoms with van der Waals surface area (Å²) in [4.78, 5) is 15.8. The summed E-state index contributed by atoms with van der Waals surface area (Å²) in [6.45, 7) is 2.70. The van der Waals surface area contributed by atoms with Crippen molar-refractivity contribution in [3.8, 4) is 28.5 Å². The van der Waals surface area contributed by atoms with Crippen LogP contribution in [0.25, 0.3) is 11.3 Å². The number of aromatic amines is 1. The standard InChI is InChI=1S/C28H33N3O4/c1-4-16-35-22-15-12-19(17-23(22)34-3)27-24-25(18-10-13-21(33-2)14-11-18)29-30-26(24)28(32)31(27)20-8-6-5-7-9-20/h10-15,17,20,27H,4-9,16H2,1-3H3,(H,29,30). The van der Waals surface area contributed by atoms with Crippen molar-refractivity contribution in [2.45, 2.75) is 57.5 Å². The van der Waals surface area contributed by atoms with Gasteiger partial charge in [0.1, 0.15) is 11.4 Å². The number of nitrogens with one attached hydrogen (secondary N) is 1. The van der Waals surface area contributed by atoms with Crippen LogP contribution in [0.1, 0.15) is 73.1 Å². The zero-order valence-electron chi connectivity index (χ0n) is 20.7. The van der Waals surface area contributed by atoms with Gasteiger partial charge in [-0.05, 0) is 61.2 Å². The molecule has 1 unspecified atom stereocenters. The number of nitrogens with zero attached hydrogens (tertiary/aromatic N) is 2. The van der Waals surface area contributed by atoms with Crippen LogP contribution in [0.4, 0.5) is 0 Å². The van der Waals surface area contributed by atoms with Gasteiger partial charge in [0.25, 0.3) is 5.91 Å². The maximum atomic E-state index is 13.8. The van der Waals surface area contributed by atoms with Gasteiger partial charge in [0.15, 0.2) is 11.5 Å². The molecule has 35 heavy (non-hydrogen) atoms. The highest BCUT2D eigenvalue weighted by atomic mass is 16.5. The van der Waals surface area contributed by atoms with Crippen molar-refractivity contribution in [1.29, 1.82) is 0 Å². The van der Waals surface area contributed by atoms with Gasteiger partial charge < -0.3 is 19.1 Å². The van der Waals surface area contributed by atoms with Gasteiger partial charge >= 0.3 is 0 Å². The van der Waals surface area contributed by atoms with Gasteiger partial charge in [-0.1, -0.05) is 32.3 Å². The van der Waals surface area contributed by atoms with E-state index in [2.05, 4.69) is 28.1 Å². The molecule has 5 rings (SSSR count). The average Bonchev–Trinajstić information content (AvgIpc) is 3.46. The van der Waals surface area contributed by atoms with Crippen molar-refractivity contribution in [1.82, 2.24) is 15.1 Å². The van der Waals surface area contributed by atoms with Gasteiger partial charge in [-0.15, -0.1) is 0 Å². The first-order chi connectivity index (χ1) is 17.2. The molecule has 7 heteroatoms. The Labute approximate surface area is 206 Å². The third kappa shape index (κ3) is 4.24. The molecule has 0 spiro atoms. The zero-order chi connectivity index (χ0) is 24.4.